The zero-order chi connectivity index (χ0) is 41.7. The van der Waals surface area contributed by atoms with Gasteiger partial charge in [-0.25, -0.2) is 15.0 Å². The van der Waals surface area contributed by atoms with Crippen molar-refractivity contribution in [1.82, 2.24) is 19.5 Å². The number of para-hydroxylation sites is 2. The van der Waals surface area contributed by atoms with Gasteiger partial charge in [-0.1, -0.05) is 188 Å². The Morgan fingerprint density at radius 3 is 1.57 bits per heavy atom. The van der Waals surface area contributed by atoms with Crippen LogP contribution >= 0.6 is 0 Å². The normalized spacial score (nSPS) is 11.5. The minimum absolute atomic E-state index is 0.695. The van der Waals surface area contributed by atoms with Crippen molar-refractivity contribution in [2.75, 3.05) is 0 Å². The molecule has 63 heavy (non-hydrogen) atoms. The van der Waals surface area contributed by atoms with E-state index in [0.717, 1.165) is 78.0 Å². The average molecular weight is 803 g/mol. The number of hydrogen-bond donors (Lipinski definition) is 0. The zero-order valence-corrected chi connectivity index (χ0v) is 34.2. The predicted octanol–water partition coefficient (Wildman–Crippen LogP) is 15.3. The molecule has 0 aliphatic rings. The van der Waals surface area contributed by atoms with Crippen LogP contribution in [0.1, 0.15) is 0 Å². The summed E-state index contributed by atoms with van der Waals surface area (Å²) in [5.74, 6) is 0.695. The highest BCUT2D eigenvalue weighted by Crippen LogP contribution is 2.43. The maximum absolute atomic E-state index is 5.46. The highest BCUT2D eigenvalue weighted by molar-refractivity contribution is 6.29. The second-order valence-electron chi connectivity index (χ2n) is 16.0. The van der Waals surface area contributed by atoms with Gasteiger partial charge in [0.05, 0.1) is 33.6 Å². The Kier molecular flexibility index (Phi) is 8.79. The molecule has 0 fully saturated rings. The molecular formula is C59H38N4. The minimum atomic E-state index is 0.695. The quantitative estimate of drug-likeness (QED) is 0.151. The van der Waals surface area contributed by atoms with Crippen LogP contribution in [0.15, 0.2) is 231 Å². The summed E-state index contributed by atoms with van der Waals surface area (Å²) in [5, 5.41) is 5.94. The van der Waals surface area contributed by atoms with Crippen LogP contribution < -0.4 is 0 Å². The van der Waals surface area contributed by atoms with E-state index in [-0.39, 0.29) is 0 Å². The third-order valence-electron chi connectivity index (χ3n) is 12.2. The van der Waals surface area contributed by atoms with Crippen LogP contribution in [0, 0.1) is 0 Å². The van der Waals surface area contributed by atoms with E-state index in [0.29, 0.717) is 5.82 Å². The number of benzene rings is 9. The lowest BCUT2D eigenvalue weighted by Gasteiger charge is -2.14. The lowest BCUT2D eigenvalue weighted by atomic mass is 9.94. The fourth-order valence-electron chi connectivity index (χ4n) is 9.19. The van der Waals surface area contributed by atoms with Crippen LogP contribution in [0.4, 0.5) is 0 Å². The Hall–Kier alpha value is -8.47. The smallest absolute Gasteiger partial charge is 0.160 e. The number of pyridine rings is 1. The van der Waals surface area contributed by atoms with Gasteiger partial charge in [0.25, 0.3) is 0 Å². The van der Waals surface area contributed by atoms with Gasteiger partial charge in [-0.05, 0) is 64.7 Å². The first-order valence-corrected chi connectivity index (χ1v) is 21.4. The van der Waals surface area contributed by atoms with E-state index in [1.54, 1.807) is 0 Å². The molecule has 9 aromatic carbocycles. The number of aromatic nitrogens is 4. The van der Waals surface area contributed by atoms with Gasteiger partial charge in [-0.15, -0.1) is 0 Å². The standard InChI is InChI=1S/C59H38N4/c1-5-16-39(17-6-1)44-22-15-23-46(36-44)52-38-51(61-59(62-52)43-20-9-3-10-21-43)41-30-28-40(29-31-41)45-32-33-48-53(37-45)60-58(42-18-7-2-8-19-42)50-34-35-55-57(56(48)50)49-26-13-14-27-54(49)63(55)47-24-11-4-12-25-47/h1-38H. The van der Waals surface area contributed by atoms with E-state index in [4.69, 9.17) is 15.0 Å². The topological polar surface area (TPSA) is 43.6 Å². The van der Waals surface area contributed by atoms with Crippen molar-refractivity contribution < 1.29 is 0 Å². The number of fused-ring (bicyclic) bond motifs is 7. The van der Waals surface area contributed by atoms with Gasteiger partial charge >= 0.3 is 0 Å². The van der Waals surface area contributed by atoms with Crippen molar-refractivity contribution in [2.45, 2.75) is 0 Å². The lowest BCUT2D eigenvalue weighted by Crippen LogP contribution is -1.96. The molecule has 3 heterocycles. The largest absolute Gasteiger partial charge is 0.309 e. The summed E-state index contributed by atoms with van der Waals surface area (Å²) in [4.78, 5) is 15.7. The first-order valence-electron chi connectivity index (χ1n) is 21.4. The first kappa shape index (κ1) is 36.4. The summed E-state index contributed by atoms with van der Waals surface area (Å²) >= 11 is 0. The molecule has 4 nitrogen and oxygen atoms in total. The molecule has 12 aromatic rings. The Balaban J connectivity index is 0.997. The van der Waals surface area contributed by atoms with Crippen molar-refractivity contribution in [3.8, 4) is 73.1 Å². The summed E-state index contributed by atoms with van der Waals surface area (Å²) in [7, 11) is 0. The Morgan fingerprint density at radius 1 is 0.286 bits per heavy atom. The molecule has 0 saturated heterocycles. The van der Waals surface area contributed by atoms with Crippen molar-refractivity contribution in [2.24, 2.45) is 0 Å². The number of hydrogen-bond acceptors (Lipinski definition) is 3. The Bertz CT molecular complexity index is 3640. The van der Waals surface area contributed by atoms with E-state index < -0.39 is 0 Å². The number of nitrogens with zero attached hydrogens (tertiary/aromatic N) is 4. The average Bonchev–Trinajstić information content (AvgIpc) is 3.71. The van der Waals surface area contributed by atoms with Gasteiger partial charge in [0, 0.05) is 54.9 Å². The molecule has 0 N–H and O–H groups in total. The van der Waals surface area contributed by atoms with E-state index in [2.05, 4.69) is 211 Å². The molecule has 0 atom stereocenters. The molecule has 0 unspecified atom stereocenters. The molecule has 294 valence electrons. The van der Waals surface area contributed by atoms with Gasteiger partial charge in [-0.3, -0.25) is 0 Å². The molecule has 0 saturated carbocycles. The Morgan fingerprint density at radius 2 is 0.825 bits per heavy atom. The third kappa shape index (κ3) is 6.44. The maximum Gasteiger partial charge on any atom is 0.160 e. The van der Waals surface area contributed by atoms with Crippen LogP contribution in [0.5, 0.6) is 0 Å². The molecule has 0 amide bonds. The lowest BCUT2D eigenvalue weighted by molar-refractivity contribution is 1.18. The third-order valence-corrected chi connectivity index (χ3v) is 12.2. The first-order chi connectivity index (χ1) is 31.2. The van der Waals surface area contributed by atoms with Gasteiger partial charge in [0.15, 0.2) is 5.82 Å². The second kappa shape index (κ2) is 15.2. The molecule has 0 aliphatic heterocycles. The van der Waals surface area contributed by atoms with E-state index >= 15 is 0 Å². The highest BCUT2D eigenvalue weighted by Gasteiger charge is 2.20. The van der Waals surface area contributed by atoms with Crippen molar-refractivity contribution in [3.05, 3.63) is 231 Å². The zero-order valence-electron chi connectivity index (χ0n) is 34.2. The van der Waals surface area contributed by atoms with Crippen molar-refractivity contribution in [3.63, 3.8) is 0 Å². The minimum Gasteiger partial charge on any atom is -0.309 e. The summed E-state index contributed by atoms with van der Waals surface area (Å²) in [6, 6.07) is 81.4. The van der Waals surface area contributed by atoms with E-state index in [1.165, 1.54) is 32.8 Å². The van der Waals surface area contributed by atoms with Crippen LogP contribution in [0.2, 0.25) is 0 Å². The second-order valence-corrected chi connectivity index (χ2v) is 16.0. The monoisotopic (exact) mass is 802 g/mol. The van der Waals surface area contributed by atoms with E-state index in [9.17, 15) is 0 Å². The predicted molar refractivity (Wildman–Crippen MR) is 262 cm³/mol. The van der Waals surface area contributed by atoms with Gasteiger partial charge < -0.3 is 4.57 Å². The molecule has 0 aliphatic carbocycles. The fourth-order valence-corrected chi connectivity index (χ4v) is 9.19. The summed E-state index contributed by atoms with van der Waals surface area (Å²) < 4.78 is 2.39. The van der Waals surface area contributed by atoms with Crippen LogP contribution in [-0.4, -0.2) is 19.5 Å². The van der Waals surface area contributed by atoms with Gasteiger partial charge in [0.1, 0.15) is 0 Å². The van der Waals surface area contributed by atoms with Crippen LogP contribution in [-0.2, 0) is 0 Å². The van der Waals surface area contributed by atoms with Crippen LogP contribution in [0.25, 0.3) is 117 Å². The maximum atomic E-state index is 5.46. The molecule has 0 spiro atoms. The molecule has 4 heteroatoms. The number of rotatable bonds is 7. The van der Waals surface area contributed by atoms with Crippen molar-refractivity contribution in [1.29, 1.82) is 0 Å². The SMILES string of the molecule is c1ccc(-c2cccc(-c3cc(-c4ccc(-c5ccc6c(c5)nc(-c5ccccc5)c5ccc7c(c8ccccc8n7-c7ccccc7)c56)cc4)nc(-c4ccccc4)n3)c2)cc1. The van der Waals surface area contributed by atoms with Crippen molar-refractivity contribution >= 4 is 43.5 Å². The molecule has 3 aromatic heterocycles. The van der Waals surface area contributed by atoms with Crippen LogP contribution in [0.3, 0.4) is 0 Å². The summed E-state index contributed by atoms with van der Waals surface area (Å²) in [5.41, 5.74) is 15.8. The molecule has 0 radical (unpaired) electrons. The molecular weight excluding hydrogens is 765 g/mol. The summed E-state index contributed by atoms with van der Waals surface area (Å²) in [6.45, 7) is 0. The Labute approximate surface area is 365 Å². The summed E-state index contributed by atoms with van der Waals surface area (Å²) in [6.07, 6.45) is 0. The molecule has 12 rings (SSSR count). The molecule has 0 bridgehead atoms. The van der Waals surface area contributed by atoms with Gasteiger partial charge in [0.2, 0.25) is 0 Å². The highest BCUT2D eigenvalue weighted by atomic mass is 15.0. The van der Waals surface area contributed by atoms with E-state index in [1.807, 2.05) is 24.3 Å². The van der Waals surface area contributed by atoms with Gasteiger partial charge in [-0.2, -0.15) is 0 Å². The fraction of sp³-hybridized carbons (Fsp3) is 0.